The number of Topliss-reactive ketones (excluding diaryl/α,β-unsaturated/α-hetero) is 1. The minimum Gasteiger partial charge on any atom is -0.494 e. The fraction of sp³-hybridized carbons (Fsp3) is 0.333. The number of ketones is 1. The number of amides is 2. The average Bonchev–Trinajstić information content (AvgIpc) is 3.58. The molecule has 14 heteroatoms. The summed E-state index contributed by atoms with van der Waals surface area (Å²) in [6.07, 6.45) is 4.40. The number of aromatic nitrogens is 5. The second-order valence-electron chi connectivity index (χ2n) is 9.91. The van der Waals surface area contributed by atoms with Gasteiger partial charge < -0.3 is 23.6 Å². The van der Waals surface area contributed by atoms with Crippen LogP contribution in [0.25, 0.3) is 16.7 Å². The van der Waals surface area contributed by atoms with Gasteiger partial charge in [0, 0.05) is 51.3 Å². The van der Waals surface area contributed by atoms with Gasteiger partial charge in [-0.2, -0.15) is 5.10 Å². The summed E-state index contributed by atoms with van der Waals surface area (Å²) in [5.74, 6) is -0.475. The summed E-state index contributed by atoms with van der Waals surface area (Å²) in [6, 6.07) is 8.93. The number of pyridine rings is 1. The van der Waals surface area contributed by atoms with E-state index in [0.717, 1.165) is 0 Å². The molecule has 1 aliphatic rings. The molecule has 0 unspecified atom stereocenters. The Kier molecular flexibility index (Phi) is 7.74. The smallest absolute Gasteiger partial charge is 0.295 e. The predicted octanol–water partition coefficient (Wildman–Crippen LogP) is 2.61. The minimum atomic E-state index is -2.90. The highest BCUT2D eigenvalue weighted by Crippen LogP contribution is 2.39. The largest absolute Gasteiger partial charge is 0.494 e. The third kappa shape index (κ3) is 5.77. The molecule has 0 radical (unpaired) electrons. The number of fused-ring (bicyclic) bond motifs is 1. The molecule has 0 N–H and O–H groups in total. The molecule has 0 aliphatic carbocycles. The zero-order valence-corrected chi connectivity index (χ0v) is 24.1. The van der Waals surface area contributed by atoms with Gasteiger partial charge in [0.2, 0.25) is 0 Å². The van der Waals surface area contributed by atoms with Crippen LogP contribution in [0.15, 0.2) is 49.1 Å². The Morgan fingerprint density at radius 3 is 2.29 bits per heavy atom. The van der Waals surface area contributed by atoms with Gasteiger partial charge in [-0.15, -0.1) is 0 Å². The van der Waals surface area contributed by atoms with E-state index in [1.807, 2.05) is 6.07 Å². The van der Waals surface area contributed by atoms with E-state index >= 15 is 0 Å². The van der Waals surface area contributed by atoms with Gasteiger partial charge in [-0.25, -0.2) is 14.6 Å². The van der Waals surface area contributed by atoms with Crippen LogP contribution in [0.2, 0.25) is 0 Å². The van der Waals surface area contributed by atoms with Gasteiger partial charge in [0.15, 0.2) is 13.2 Å². The molecule has 0 bridgehead atoms. The molecule has 0 spiro atoms. The normalized spacial score (nSPS) is 14.0. The van der Waals surface area contributed by atoms with Crippen molar-refractivity contribution in [1.82, 2.24) is 34.1 Å². The van der Waals surface area contributed by atoms with Gasteiger partial charge in [0.1, 0.15) is 30.1 Å². The molecule has 5 rings (SSSR count). The van der Waals surface area contributed by atoms with Crippen LogP contribution in [0, 0.1) is 6.92 Å². The van der Waals surface area contributed by atoms with Gasteiger partial charge in [-0.1, -0.05) is 18.2 Å². The van der Waals surface area contributed by atoms with Crippen molar-refractivity contribution in [3.8, 4) is 11.6 Å². The van der Waals surface area contributed by atoms with Crippen LogP contribution >= 0.6 is 7.37 Å². The lowest BCUT2D eigenvalue weighted by Crippen LogP contribution is -2.52. The molecule has 1 saturated heterocycles. The van der Waals surface area contributed by atoms with Crippen LogP contribution in [-0.2, 0) is 20.6 Å². The van der Waals surface area contributed by atoms with Gasteiger partial charge >= 0.3 is 0 Å². The summed E-state index contributed by atoms with van der Waals surface area (Å²) in [5.41, 5.74) is 1.05. The standard InChI is InChI=1S/C27H30N7O6P/c1-18-29-16-34(30-18)25-23-22(21(39-2)14-28-25)20(15-33(23)17-40-41(3,4)38)24(35)27(37)32-12-10-31(11-13-32)26(36)19-8-6-5-7-9-19/h5-9,14-16H,10-13,17H2,1-4H3. The van der Waals surface area contributed by atoms with Crippen molar-refractivity contribution < 1.29 is 28.2 Å². The van der Waals surface area contributed by atoms with E-state index in [-0.39, 0.29) is 37.0 Å². The van der Waals surface area contributed by atoms with Gasteiger partial charge in [-0.05, 0) is 19.1 Å². The van der Waals surface area contributed by atoms with Crippen LogP contribution in [-0.4, -0.2) is 98.3 Å². The third-order valence-corrected chi connectivity index (χ3v) is 7.44. The first-order valence-corrected chi connectivity index (χ1v) is 15.4. The lowest BCUT2D eigenvalue weighted by Gasteiger charge is -2.34. The molecule has 1 aromatic carbocycles. The highest BCUT2D eigenvalue weighted by molar-refractivity contribution is 7.57. The zero-order chi connectivity index (χ0) is 29.3. The second-order valence-corrected chi connectivity index (χ2v) is 12.7. The summed E-state index contributed by atoms with van der Waals surface area (Å²) >= 11 is 0. The van der Waals surface area contributed by atoms with Crippen LogP contribution in [0.1, 0.15) is 26.5 Å². The summed E-state index contributed by atoms with van der Waals surface area (Å²) in [7, 11) is -1.46. The van der Waals surface area contributed by atoms with E-state index in [9.17, 15) is 18.9 Å². The number of ether oxygens (including phenoxy) is 1. The Labute approximate surface area is 236 Å². The Hall–Kier alpha value is -4.35. The number of nitrogens with zero attached hydrogens (tertiary/aromatic N) is 7. The lowest BCUT2D eigenvalue weighted by atomic mass is 10.1. The van der Waals surface area contributed by atoms with Crippen molar-refractivity contribution in [2.45, 2.75) is 13.7 Å². The lowest BCUT2D eigenvalue weighted by molar-refractivity contribution is -0.127. The Morgan fingerprint density at radius 2 is 1.68 bits per heavy atom. The fourth-order valence-electron chi connectivity index (χ4n) is 4.67. The minimum absolute atomic E-state index is 0.0794. The maximum absolute atomic E-state index is 13.7. The molecule has 41 heavy (non-hydrogen) atoms. The van der Waals surface area contributed by atoms with Crippen molar-refractivity contribution in [1.29, 1.82) is 0 Å². The molecule has 13 nitrogen and oxygen atoms in total. The van der Waals surface area contributed by atoms with Gasteiger partial charge in [0.25, 0.3) is 17.6 Å². The van der Waals surface area contributed by atoms with Crippen LogP contribution in [0.5, 0.6) is 5.75 Å². The average molecular weight is 580 g/mol. The van der Waals surface area contributed by atoms with Crippen molar-refractivity contribution in [2.75, 3.05) is 46.6 Å². The number of piperazine rings is 1. The molecule has 4 heterocycles. The SMILES string of the molecule is COc1cnc(-n2cnc(C)n2)c2c1c(C(=O)C(=O)N1CCN(C(=O)c3ccccc3)CC1)cn2COP(C)(C)=O. The highest BCUT2D eigenvalue weighted by atomic mass is 31.2. The molecular weight excluding hydrogens is 549 g/mol. The number of carbonyl (C=O) groups is 3. The van der Waals surface area contributed by atoms with E-state index in [0.29, 0.717) is 41.2 Å². The second kappa shape index (κ2) is 11.3. The van der Waals surface area contributed by atoms with Gasteiger partial charge in [0.05, 0.1) is 24.3 Å². The molecule has 3 aromatic heterocycles. The number of hydrogen-bond donors (Lipinski definition) is 0. The van der Waals surface area contributed by atoms with E-state index in [2.05, 4.69) is 15.1 Å². The number of benzene rings is 1. The highest BCUT2D eigenvalue weighted by Gasteiger charge is 2.32. The van der Waals surface area contributed by atoms with E-state index < -0.39 is 19.1 Å². The first-order valence-electron chi connectivity index (χ1n) is 12.9. The van der Waals surface area contributed by atoms with E-state index in [4.69, 9.17) is 9.26 Å². The van der Waals surface area contributed by atoms with Crippen molar-refractivity contribution in [3.05, 3.63) is 66.0 Å². The zero-order valence-electron chi connectivity index (χ0n) is 23.2. The summed E-state index contributed by atoms with van der Waals surface area (Å²) in [6.45, 7) is 5.54. The first-order chi connectivity index (χ1) is 19.6. The Bertz CT molecular complexity index is 1670. The Balaban J connectivity index is 1.47. The van der Waals surface area contributed by atoms with Gasteiger partial charge in [-0.3, -0.25) is 18.9 Å². The molecule has 0 atom stereocenters. The van der Waals surface area contributed by atoms with Crippen molar-refractivity contribution >= 4 is 35.9 Å². The topological polar surface area (TPSA) is 142 Å². The number of methoxy groups -OCH3 is 1. The number of hydrogen-bond acceptors (Lipinski definition) is 9. The molecule has 2 amide bonds. The summed E-state index contributed by atoms with van der Waals surface area (Å²) in [5, 5.41) is 4.68. The molecule has 4 aromatic rings. The first kappa shape index (κ1) is 28.2. The molecule has 1 fully saturated rings. The van der Waals surface area contributed by atoms with Crippen LogP contribution in [0.4, 0.5) is 0 Å². The van der Waals surface area contributed by atoms with E-state index in [1.54, 1.807) is 40.7 Å². The van der Waals surface area contributed by atoms with Crippen molar-refractivity contribution in [2.24, 2.45) is 0 Å². The maximum atomic E-state index is 13.7. The maximum Gasteiger partial charge on any atom is 0.295 e. The quantitative estimate of drug-likeness (QED) is 0.175. The summed E-state index contributed by atoms with van der Waals surface area (Å²) in [4.78, 5) is 51.8. The van der Waals surface area contributed by atoms with Crippen LogP contribution < -0.4 is 4.74 Å². The van der Waals surface area contributed by atoms with Crippen molar-refractivity contribution in [3.63, 3.8) is 0 Å². The molecular formula is C27H30N7O6P. The Morgan fingerprint density at radius 1 is 1.00 bits per heavy atom. The number of rotatable bonds is 8. The molecule has 0 saturated carbocycles. The number of carbonyl (C=O) groups excluding carboxylic acids is 3. The molecule has 1 aliphatic heterocycles. The predicted molar refractivity (Wildman–Crippen MR) is 150 cm³/mol. The number of aryl methyl sites for hydroxylation is 1. The molecule has 214 valence electrons. The fourth-order valence-corrected chi connectivity index (χ4v) is 5.07. The summed E-state index contributed by atoms with van der Waals surface area (Å²) < 4.78 is 26.5. The van der Waals surface area contributed by atoms with Crippen LogP contribution in [0.3, 0.4) is 0 Å². The monoisotopic (exact) mass is 579 g/mol. The third-order valence-electron chi connectivity index (χ3n) is 6.71. The van der Waals surface area contributed by atoms with E-state index in [1.165, 1.54) is 48.7 Å².